The monoisotopic (exact) mass is 234 g/mol. The van der Waals surface area contributed by atoms with E-state index < -0.39 is 0 Å². The molecule has 0 saturated heterocycles. The average molecular weight is 234 g/mol. The van der Waals surface area contributed by atoms with Crippen molar-refractivity contribution < 1.29 is 4.74 Å². The van der Waals surface area contributed by atoms with Crippen molar-refractivity contribution in [2.45, 2.75) is 6.92 Å². The molecule has 2 heteroatoms. The Kier molecular flexibility index (Phi) is 3.88. The lowest BCUT2D eigenvalue weighted by atomic mass is 9.90. The van der Waals surface area contributed by atoms with E-state index in [9.17, 15) is 0 Å². The molecule has 0 aromatic heterocycles. The second-order valence-corrected chi connectivity index (χ2v) is 4.06. The van der Waals surface area contributed by atoms with E-state index in [1.165, 1.54) is 5.57 Å². The molecule has 0 fully saturated rings. The standard InChI is InChI=1S/C16H15BO/c1-3-16(13-5-4-6-14(17)11-13)12-7-9-15(18-2)10-8-12/h3-11H,1-2H3/b16-3-. The van der Waals surface area contributed by atoms with Gasteiger partial charge in [-0.25, -0.2) is 0 Å². The van der Waals surface area contributed by atoms with Crippen LogP contribution in [0.4, 0.5) is 0 Å². The quantitative estimate of drug-likeness (QED) is 0.742. The minimum atomic E-state index is 0.778. The maximum absolute atomic E-state index is 5.83. The van der Waals surface area contributed by atoms with Crippen molar-refractivity contribution in [1.29, 1.82) is 0 Å². The van der Waals surface area contributed by atoms with Gasteiger partial charge in [-0.2, -0.15) is 0 Å². The van der Waals surface area contributed by atoms with Crippen molar-refractivity contribution in [2.75, 3.05) is 7.11 Å². The first-order valence-electron chi connectivity index (χ1n) is 5.91. The van der Waals surface area contributed by atoms with Crippen LogP contribution in [0.3, 0.4) is 0 Å². The number of benzene rings is 2. The van der Waals surface area contributed by atoms with E-state index in [2.05, 4.69) is 24.3 Å². The molecule has 18 heavy (non-hydrogen) atoms. The summed E-state index contributed by atoms with van der Waals surface area (Å²) in [5, 5.41) is 0. The van der Waals surface area contributed by atoms with Gasteiger partial charge < -0.3 is 4.74 Å². The molecule has 0 saturated carbocycles. The second-order valence-electron chi connectivity index (χ2n) is 4.06. The fraction of sp³-hybridized carbons (Fsp3) is 0.125. The first kappa shape index (κ1) is 12.5. The summed E-state index contributed by atoms with van der Waals surface area (Å²) in [7, 11) is 7.50. The first-order valence-corrected chi connectivity index (χ1v) is 5.91. The van der Waals surface area contributed by atoms with Crippen LogP contribution in [0.25, 0.3) is 5.57 Å². The minimum absolute atomic E-state index is 0.778. The molecule has 0 aliphatic rings. The highest BCUT2D eigenvalue weighted by atomic mass is 16.5. The van der Waals surface area contributed by atoms with Gasteiger partial charge in [0.1, 0.15) is 13.6 Å². The van der Waals surface area contributed by atoms with E-state index in [0.29, 0.717) is 0 Å². The van der Waals surface area contributed by atoms with Crippen molar-refractivity contribution in [1.82, 2.24) is 0 Å². The van der Waals surface area contributed by atoms with Crippen LogP contribution >= 0.6 is 0 Å². The number of ether oxygens (including phenoxy) is 1. The van der Waals surface area contributed by atoms with Gasteiger partial charge in [0.15, 0.2) is 0 Å². The molecule has 1 nitrogen and oxygen atoms in total. The van der Waals surface area contributed by atoms with Gasteiger partial charge in [0.05, 0.1) is 7.11 Å². The number of methoxy groups -OCH3 is 1. The van der Waals surface area contributed by atoms with Crippen LogP contribution in [0.15, 0.2) is 54.6 Å². The predicted octanol–water partition coefficient (Wildman–Crippen LogP) is 2.94. The lowest BCUT2D eigenvalue weighted by Gasteiger charge is -2.09. The van der Waals surface area contributed by atoms with Crippen molar-refractivity contribution >= 4 is 18.9 Å². The maximum atomic E-state index is 5.83. The molecule has 2 aromatic carbocycles. The third-order valence-corrected chi connectivity index (χ3v) is 2.89. The molecule has 0 spiro atoms. The predicted molar refractivity (Wildman–Crippen MR) is 77.6 cm³/mol. The zero-order chi connectivity index (χ0) is 13.0. The molecule has 0 amide bonds. The van der Waals surface area contributed by atoms with E-state index in [0.717, 1.165) is 22.3 Å². The summed E-state index contributed by atoms with van der Waals surface area (Å²) >= 11 is 0. The highest BCUT2D eigenvalue weighted by Gasteiger charge is 2.04. The molecule has 2 aromatic rings. The van der Waals surface area contributed by atoms with E-state index >= 15 is 0 Å². The number of hydrogen-bond donors (Lipinski definition) is 0. The van der Waals surface area contributed by atoms with Crippen LogP contribution in [-0.2, 0) is 0 Å². The molecule has 0 heterocycles. The van der Waals surface area contributed by atoms with Crippen LogP contribution in [0.2, 0.25) is 0 Å². The molecular formula is C16H15BO. The second kappa shape index (κ2) is 5.59. The van der Waals surface area contributed by atoms with Gasteiger partial charge >= 0.3 is 0 Å². The first-order chi connectivity index (χ1) is 8.74. The fourth-order valence-electron chi connectivity index (χ4n) is 1.98. The van der Waals surface area contributed by atoms with Crippen LogP contribution in [-0.4, -0.2) is 15.0 Å². The molecule has 2 rings (SSSR count). The SMILES string of the molecule is [B]c1cccc(/C(=C\C)c2ccc(OC)cc2)c1. The largest absolute Gasteiger partial charge is 0.497 e. The minimum Gasteiger partial charge on any atom is -0.497 e. The van der Waals surface area contributed by atoms with Crippen LogP contribution in [0.5, 0.6) is 5.75 Å². The van der Waals surface area contributed by atoms with Crippen LogP contribution in [0, 0.1) is 0 Å². The maximum Gasteiger partial charge on any atom is 0.118 e. The van der Waals surface area contributed by atoms with Crippen LogP contribution in [0.1, 0.15) is 18.1 Å². The lowest BCUT2D eigenvalue weighted by Crippen LogP contribution is -2.02. The van der Waals surface area contributed by atoms with Crippen molar-refractivity contribution in [3.63, 3.8) is 0 Å². The van der Waals surface area contributed by atoms with Gasteiger partial charge in [-0.15, -0.1) is 0 Å². The summed E-state index contributed by atoms with van der Waals surface area (Å²) < 4.78 is 5.17. The van der Waals surface area contributed by atoms with Gasteiger partial charge in [-0.05, 0) is 35.8 Å². The highest BCUT2D eigenvalue weighted by Crippen LogP contribution is 2.24. The summed E-state index contributed by atoms with van der Waals surface area (Å²) in [4.78, 5) is 0. The summed E-state index contributed by atoms with van der Waals surface area (Å²) in [6.07, 6.45) is 2.09. The normalized spacial score (nSPS) is 11.3. The molecule has 0 aliphatic heterocycles. The molecule has 0 atom stereocenters. The smallest absolute Gasteiger partial charge is 0.118 e. The Morgan fingerprint density at radius 2 is 1.78 bits per heavy atom. The van der Waals surface area contributed by atoms with Crippen molar-refractivity contribution in [3.8, 4) is 5.75 Å². The highest BCUT2D eigenvalue weighted by molar-refractivity contribution is 6.32. The molecular weight excluding hydrogens is 219 g/mol. The van der Waals surface area contributed by atoms with Crippen LogP contribution < -0.4 is 10.2 Å². The Labute approximate surface area is 110 Å². The molecule has 0 unspecified atom stereocenters. The van der Waals surface area contributed by atoms with Gasteiger partial charge in [0, 0.05) is 0 Å². The molecule has 0 bridgehead atoms. The Morgan fingerprint density at radius 3 is 2.33 bits per heavy atom. The van der Waals surface area contributed by atoms with Gasteiger partial charge in [-0.1, -0.05) is 47.9 Å². The number of hydrogen-bond acceptors (Lipinski definition) is 1. The Hall–Kier alpha value is -1.96. The fourth-order valence-corrected chi connectivity index (χ4v) is 1.98. The molecule has 88 valence electrons. The molecule has 0 N–H and O–H groups in total. The van der Waals surface area contributed by atoms with E-state index in [4.69, 9.17) is 12.6 Å². The average Bonchev–Trinajstić information content (AvgIpc) is 2.40. The van der Waals surface area contributed by atoms with E-state index in [-0.39, 0.29) is 0 Å². The zero-order valence-corrected chi connectivity index (χ0v) is 10.7. The summed E-state index contributed by atoms with van der Waals surface area (Å²) in [5.74, 6) is 0.863. The van der Waals surface area contributed by atoms with Gasteiger partial charge in [-0.3, -0.25) is 0 Å². The van der Waals surface area contributed by atoms with E-state index in [1.807, 2.05) is 37.3 Å². The summed E-state index contributed by atoms with van der Waals surface area (Å²) in [6.45, 7) is 2.03. The Balaban J connectivity index is 2.39. The van der Waals surface area contributed by atoms with Gasteiger partial charge in [0.25, 0.3) is 0 Å². The topological polar surface area (TPSA) is 9.23 Å². The lowest BCUT2D eigenvalue weighted by molar-refractivity contribution is 0.415. The zero-order valence-electron chi connectivity index (χ0n) is 10.7. The van der Waals surface area contributed by atoms with Crippen molar-refractivity contribution in [3.05, 3.63) is 65.7 Å². The van der Waals surface area contributed by atoms with E-state index in [1.54, 1.807) is 7.11 Å². The molecule has 2 radical (unpaired) electrons. The Bertz CT molecular complexity index is 556. The summed E-state index contributed by atoms with van der Waals surface area (Å²) in [6, 6.07) is 15.9. The molecule has 0 aliphatic carbocycles. The number of rotatable bonds is 3. The third kappa shape index (κ3) is 2.65. The third-order valence-electron chi connectivity index (χ3n) is 2.89. The number of allylic oxidation sites excluding steroid dienone is 1. The van der Waals surface area contributed by atoms with Crippen molar-refractivity contribution in [2.24, 2.45) is 0 Å². The van der Waals surface area contributed by atoms with Gasteiger partial charge in [0.2, 0.25) is 0 Å². The summed E-state index contributed by atoms with van der Waals surface area (Å²) in [5.41, 5.74) is 4.23. The Morgan fingerprint density at radius 1 is 1.06 bits per heavy atom.